The van der Waals surface area contributed by atoms with Gasteiger partial charge in [0.05, 0.1) is 3.57 Å². The summed E-state index contributed by atoms with van der Waals surface area (Å²) in [6, 6.07) is 0. The first-order chi connectivity index (χ1) is 7.69. The molecule has 0 fully saturated rings. The lowest BCUT2D eigenvalue weighted by Crippen LogP contribution is -2.29. The van der Waals surface area contributed by atoms with Crippen LogP contribution in [0.1, 0.15) is 13.3 Å². The minimum atomic E-state index is 0.225. The fourth-order valence-electron chi connectivity index (χ4n) is 1.25. The number of anilines is 1. The number of hydrogen-bond acceptors (Lipinski definition) is 5. The predicted octanol–water partition coefficient (Wildman–Crippen LogP) is 1.04. The number of halogens is 1. The van der Waals surface area contributed by atoms with Gasteiger partial charge in [0.15, 0.2) is 0 Å². The average Bonchev–Trinajstić information content (AvgIpc) is 2.31. The summed E-state index contributed by atoms with van der Waals surface area (Å²) in [6.45, 7) is 3.51. The number of aromatic nitrogens is 2. The van der Waals surface area contributed by atoms with Crippen LogP contribution in [0.5, 0.6) is 0 Å². The molecule has 0 unspecified atom stereocenters. The van der Waals surface area contributed by atoms with Crippen molar-refractivity contribution in [1.82, 2.24) is 9.97 Å². The summed E-state index contributed by atoms with van der Waals surface area (Å²) in [5, 5.41) is 11.4. The van der Waals surface area contributed by atoms with Crippen LogP contribution in [0, 0.1) is 3.57 Å². The third-order valence-corrected chi connectivity index (χ3v) is 2.86. The van der Waals surface area contributed by atoms with Crippen LogP contribution in [-0.2, 0) is 0 Å². The summed E-state index contributed by atoms with van der Waals surface area (Å²) in [5.41, 5.74) is 5.43. The first-order valence-electron chi connectivity index (χ1n) is 4.85. The minimum Gasteiger partial charge on any atom is -0.409 e. The van der Waals surface area contributed by atoms with Crippen molar-refractivity contribution in [3.63, 3.8) is 0 Å². The van der Waals surface area contributed by atoms with Gasteiger partial charge in [-0.05, 0) is 29.5 Å². The standard InChI is InChI=1S/C9H14IN5O/c1-2-15(4-3-8(11)14-16)9-7(10)5-12-6-13-9/h5-6,16H,2-4H2,1H3,(H2,11,14). The molecule has 1 rings (SSSR count). The van der Waals surface area contributed by atoms with Crippen molar-refractivity contribution in [2.24, 2.45) is 10.9 Å². The SMILES string of the molecule is CCN(CCC(N)=NO)c1ncncc1I. The number of rotatable bonds is 5. The third kappa shape index (κ3) is 3.47. The molecule has 0 aromatic carbocycles. The number of nitrogens with two attached hydrogens (primary N) is 1. The lowest BCUT2D eigenvalue weighted by molar-refractivity contribution is 0.317. The van der Waals surface area contributed by atoms with Crippen molar-refractivity contribution < 1.29 is 5.21 Å². The second-order valence-corrected chi connectivity index (χ2v) is 4.28. The van der Waals surface area contributed by atoms with Crippen LogP contribution < -0.4 is 10.6 Å². The Morgan fingerprint density at radius 2 is 2.44 bits per heavy atom. The van der Waals surface area contributed by atoms with Gasteiger partial charge >= 0.3 is 0 Å². The van der Waals surface area contributed by atoms with E-state index in [4.69, 9.17) is 10.9 Å². The summed E-state index contributed by atoms with van der Waals surface area (Å²) in [5.74, 6) is 1.10. The van der Waals surface area contributed by atoms with Crippen molar-refractivity contribution in [3.05, 3.63) is 16.1 Å². The molecule has 88 valence electrons. The van der Waals surface area contributed by atoms with Crippen LogP contribution in [0.25, 0.3) is 0 Å². The van der Waals surface area contributed by atoms with E-state index in [1.54, 1.807) is 6.20 Å². The zero-order chi connectivity index (χ0) is 12.0. The van der Waals surface area contributed by atoms with E-state index in [2.05, 4.69) is 42.6 Å². The van der Waals surface area contributed by atoms with Crippen molar-refractivity contribution >= 4 is 34.2 Å². The fraction of sp³-hybridized carbons (Fsp3) is 0.444. The van der Waals surface area contributed by atoms with Crippen molar-refractivity contribution in [3.8, 4) is 0 Å². The van der Waals surface area contributed by atoms with Crippen molar-refractivity contribution in [2.75, 3.05) is 18.0 Å². The quantitative estimate of drug-likeness (QED) is 0.276. The van der Waals surface area contributed by atoms with Gasteiger partial charge in [-0.3, -0.25) is 0 Å². The maximum atomic E-state index is 8.46. The Morgan fingerprint density at radius 3 is 3.00 bits per heavy atom. The van der Waals surface area contributed by atoms with E-state index in [1.807, 2.05) is 6.92 Å². The molecular formula is C9H14IN5O. The predicted molar refractivity (Wildman–Crippen MR) is 70.7 cm³/mol. The molecule has 1 aromatic rings. The van der Waals surface area contributed by atoms with Gasteiger partial charge in [0, 0.05) is 25.7 Å². The van der Waals surface area contributed by atoms with Gasteiger partial charge in [0.1, 0.15) is 18.0 Å². The molecule has 0 saturated carbocycles. The highest BCUT2D eigenvalue weighted by atomic mass is 127. The van der Waals surface area contributed by atoms with Gasteiger partial charge in [-0.2, -0.15) is 0 Å². The molecule has 6 nitrogen and oxygen atoms in total. The molecule has 3 N–H and O–H groups in total. The first kappa shape index (κ1) is 12.9. The largest absolute Gasteiger partial charge is 0.409 e. The second kappa shape index (κ2) is 6.46. The summed E-state index contributed by atoms with van der Waals surface area (Å²) in [4.78, 5) is 10.2. The Balaban J connectivity index is 2.71. The Bertz CT molecular complexity index is 371. The number of hydrogen-bond donors (Lipinski definition) is 2. The fourth-order valence-corrected chi connectivity index (χ4v) is 1.89. The highest BCUT2D eigenvalue weighted by Gasteiger charge is 2.10. The molecular weight excluding hydrogens is 321 g/mol. The lowest BCUT2D eigenvalue weighted by Gasteiger charge is -2.22. The molecule has 0 aliphatic carbocycles. The van der Waals surface area contributed by atoms with Crippen molar-refractivity contribution in [1.29, 1.82) is 0 Å². The van der Waals surface area contributed by atoms with Crippen LogP contribution in [0.3, 0.4) is 0 Å². The summed E-state index contributed by atoms with van der Waals surface area (Å²) < 4.78 is 0.987. The van der Waals surface area contributed by atoms with Gasteiger partial charge in [0.25, 0.3) is 0 Å². The van der Waals surface area contributed by atoms with Crippen LogP contribution in [0.2, 0.25) is 0 Å². The van der Waals surface area contributed by atoms with Crippen molar-refractivity contribution in [2.45, 2.75) is 13.3 Å². The summed E-state index contributed by atoms with van der Waals surface area (Å²) >= 11 is 2.19. The Kier molecular flexibility index (Phi) is 5.23. The normalized spacial score (nSPS) is 11.5. The Hall–Kier alpha value is -1.12. The number of oxime groups is 1. The van der Waals surface area contributed by atoms with Gasteiger partial charge in [0.2, 0.25) is 0 Å². The second-order valence-electron chi connectivity index (χ2n) is 3.12. The summed E-state index contributed by atoms with van der Waals surface area (Å²) in [7, 11) is 0. The van der Waals surface area contributed by atoms with Gasteiger partial charge in [-0.25, -0.2) is 9.97 Å². The van der Waals surface area contributed by atoms with Crippen LogP contribution >= 0.6 is 22.6 Å². The van der Waals surface area contributed by atoms with Crippen LogP contribution in [0.4, 0.5) is 5.82 Å². The molecule has 0 saturated heterocycles. The van der Waals surface area contributed by atoms with E-state index in [1.165, 1.54) is 6.33 Å². The molecule has 16 heavy (non-hydrogen) atoms. The molecule has 0 bridgehead atoms. The van der Waals surface area contributed by atoms with Gasteiger partial charge in [-0.15, -0.1) is 0 Å². The lowest BCUT2D eigenvalue weighted by atomic mass is 10.3. The molecule has 0 amide bonds. The highest BCUT2D eigenvalue weighted by Crippen LogP contribution is 2.17. The Labute approximate surface area is 108 Å². The molecule has 0 radical (unpaired) electrons. The van der Waals surface area contributed by atoms with Crippen LogP contribution in [-0.4, -0.2) is 34.1 Å². The smallest absolute Gasteiger partial charge is 0.145 e. The molecule has 0 spiro atoms. The molecule has 1 heterocycles. The zero-order valence-corrected chi connectivity index (χ0v) is 11.1. The molecule has 0 aliphatic rings. The highest BCUT2D eigenvalue weighted by molar-refractivity contribution is 14.1. The number of nitrogens with zero attached hydrogens (tertiary/aromatic N) is 4. The third-order valence-electron chi connectivity index (χ3n) is 2.10. The molecule has 0 atom stereocenters. The number of amidine groups is 1. The van der Waals surface area contributed by atoms with Gasteiger partial charge in [-0.1, -0.05) is 5.16 Å². The first-order valence-corrected chi connectivity index (χ1v) is 5.93. The average molecular weight is 335 g/mol. The Morgan fingerprint density at radius 1 is 1.69 bits per heavy atom. The van der Waals surface area contributed by atoms with E-state index in [9.17, 15) is 0 Å². The van der Waals surface area contributed by atoms with E-state index in [0.29, 0.717) is 13.0 Å². The zero-order valence-electron chi connectivity index (χ0n) is 8.97. The molecule has 1 aromatic heterocycles. The molecule has 7 heteroatoms. The minimum absolute atomic E-state index is 0.225. The monoisotopic (exact) mass is 335 g/mol. The van der Waals surface area contributed by atoms with Gasteiger partial charge < -0.3 is 15.8 Å². The maximum absolute atomic E-state index is 8.46. The summed E-state index contributed by atoms with van der Waals surface area (Å²) in [6.07, 6.45) is 3.78. The van der Waals surface area contributed by atoms with E-state index in [-0.39, 0.29) is 5.84 Å². The maximum Gasteiger partial charge on any atom is 0.145 e. The topological polar surface area (TPSA) is 87.6 Å². The van der Waals surface area contributed by atoms with E-state index in [0.717, 1.165) is 15.9 Å². The van der Waals surface area contributed by atoms with E-state index < -0.39 is 0 Å². The molecule has 0 aliphatic heterocycles. The van der Waals surface area contributed by atoms with E-state index >= 15 is 0 Å². The van der Waals surface area contributed by atoms with Crippen LogP contribution in [0.15, 0.2) is 17.7 Å².